The number of nitrogens with zero attached hydrogens (tertiary/aromatic N) is 2. The second-order valence-electron chi connectivity index (χ2n) is 10.1. The standard InChI is InChI=1S/C28H12F8N4O4/c1-37-3-39-25(41)13-7-5-9(17(29)21(13)33)11-6-8-15(23(35)19(11)31)27(43)40(4-38-2)28(44)16(8)24(36)20(32)12(6)10(5)18(30)22(34)14(7)26(39)42/h37-38H,3-4H2,1-2H3. The molecule has 0 aromatic heterocycles. The number of amides is 4. The molecule has 0 saturated heterocycles. The van der Waals surface area contributed by atoms with Crippen LogP contribution in [0, 0.1) is 46.5 Å². The predicted octanol–water partition coefficient (Wildman–Crippen LogP) is 4.40. The summed E-state index contributed by atoms with van der Waals surface area (Å²) in [6.45, 7) is -1.35. The van der Waals surface area contributed by atoms with Gasteiger partial charge in [-0.15, -0.1) is 0 Å². The summed E-state index contributed by atoms with van der Waals surface area (Å²) in [6, 6.07) is 0. The Balaban J connectivity index is 1.86. The minimum absolute atomic E-state index is 0.223. The molecule has 0 atom stereocenters. The van der Waals surface area contributed by atoms with Crippen molar-refractivity contribution in [3.63, 3.8) is 0 Å². The van der Waals surface area contributed by atoms with Crippen LogP contribution in [0.1, 0.15) is 41.4 Å². The van der Waals surface area contributed by atoms with Gasteiger partial charge in [-0.25, -0.2) is 35.1 Å². The fourth-order valence-electron chi connectivity index (χ4n) is 6.33. The first-order chi connectivity index (χ1) is 20.8. The summed E-state index contributed by atoms with van der Waals surface area (Å²) >= 11 is 0. The molecule has 0 saturated carbocycles. The van der Waals surface area contributed by atoms with Crippen molar-refractivity contribution in [2.24, 2.45) is 0 Å². The molecular formula is C28H12F8N4O4. The van der Waals surface area contributed by atoms with Crippen LogP contribution in [0.3, 0.4) is 0 Å². The van der Waals surface area contributed by atoms with E-state index in [4.69, 9.17) is 0 Å². The number of imide groups is 2. The summed E-state index contributed by atoms with van der Waals surface area (Å²) in [7, 11) is 2.47. The Morgan fingerprint density at radius 2 is 0.614 bits per heavy atom. The summed E-state index contributed by atoms with van der Waals surface area (Å²) < 4.78 is 127. The normalized spacial score (nSPS) is 15.0. The molecule has 0 spiro atoms. The summed E-state index contributed by atoms with van der Waals surface area (Å²) in [6.07, 6.45) is 0. The van der Waals surface area contributed by atoms with E-state index in [0.717, 1.165) is 0 Å². The average Bonchev–Trinajstić information content (AvgIpc) is 2.98. The lowest BCUT2D eigenvalue weighted by Gasteiger charge is -2.31. The smallest absolute Gasteiger partial charge is 0.265 e. The van der Waals surface area contributed by atoms with Crippen molar-refractivity contribution in [1.29, 1.82) is 0 Å². The highest BCUT2D eigenvalue weighted by atomic mass is 19.2. The van der Waals surface area contributed by atoms with Gasteiger partial charge in [-0.2, -0.15) is 0 Å². The minimum Gasteiger partial charge on any atom is -0.302 e. The first-order valence-electron chi connectivity index (χ1n) is 12.6. The number of halogens is 8. The van der Waals surface area contributed by atoms with Crippen LogP contribution in [0.25, 0.3) is 43.1 Å². The third-order valence-corrected chi connectivity index (χ3v) is 8.00. The third-order valence-electron chi connectivity index (χ3n) is 8.00. The molecular weight excluding hydrogens is 608 g/mol. The number of nitrogens with one attached hydrogen (secondary N) is 2. The van der Waals surface area contributed by atoms with Crippen LogP contribution in [-0.2, 0) is 0 Å². The molecule has 224 valence electrons. The van der Waals surface area contributed by atoms with Crippen LogP contribution in [0.5, 0.6) is 0 Å². The van der Waals surface area contributed by atoms with Gasteiger partial charge < -0.3 is 10.6 Å². The number of carbonyl (C=O) groups excluding carboxylic acids is 4. The first kappa shape index (κ1) is 27.8. The van der Waals surface area contributed by atoms with Gasteiger partial charge in [-0.3, -0.25) is 29.0 Å². The second-order valence-corrected chi connectivity index (χ2v) is 10.1. The van der Waals surface area contributed by atoms with E-state index in [9.17, 15) is 19.2 Å². The van der Waals surface area contributed by atoms with Crippen molar-refractivity contribution in [3.8, 4) is 0 Å². The lowest BCUT2D eigenvalue weighted by molar-refractivity contribution is 0.0578. The molecule has 0 fully saturated rings. The molecule has 2 aliphatic heterocycles. The van der Waals surface area contributed by atoms with Gasteiger partial charge in [-0.05, 0) is 14.1 Å². The van der Waals surface area contributed by atoms with Crippen LogP contribution >= 0.6 is 0 Å². The zero-order chi connectivity index (χ0) is 31.8. The molecule has 0 radical (unpaired) electrons. The van der Waals surface area contributed by atoms with Crippen molar-refractivity contribution in [2.75, 3.05) is 27.4 Å². The maximum Gasteiger partial charge on any atom is 0.265 e. The number of fused-ring (bicyclic) bond motifs is 2. The minimum atomic E-state index is -2.12. The molecule has 4 amide bonds. The maximum atomic E-state index is 16.0. The number of rotatable bonds is 4. The molecule has 44 heavy (non-hydrogen) atoms. The van der Waals surface area contributed by atoms with Gasteiger partial charge in [0.1, 0.15) is 0 Å². The fourth-order valence-corrected chi connectivity index (χ4v) is 6.33. The van der Waals surface area contributed by atoms with Crippen molar-refractivity contribution in [2.45, 2.75) is 0 Å². The van der Waals surface area contributed by atoms with Gasteiger partial charge in [0, 0.05) is 43.1 Å². The number of carbonyl (C=O) groups is 4. The maximum absolute atomic E-state index is 16.0. The molecule has 7 rings (SSSR count). The van der Waals surface area contributed by atoms with Crippen LogP contribution in [0.4, 0.5) is 35.1 Å². The summed E-state index contributed by atoms with van der Waals surface area (Å²) in [5, 5.41) is -5.19. The Hall–Kier alpha value is -4.96. The summed E-state index contributed by atoms with van der Waals surface area (Å²) in [5.41, 5.74) is -5.24. The SMILES string of the molecule is CNCN1C(=O)c2c(F)c(F)c3c4c(F)c(F)c5c6c(c(F)c(F)c(c7c(F)c(F)c(c2c37)C1=O)c64)C(=O)N(CNC)C5=O. The molecule has 8 nitrogen and oxygen atoms in total. The molecule has 0 aliphatic carbocycles. The lowest BCUT2D eigenvalue weighted by atomic mass is 9.80. The molecule has 2 N–H and O–H groups in total. The number of benzene rings is 5. The van der Waals surface area contributed by atoms with E-state index in [0.29, 0.717) is 0 Å². The molecule has 0 unspecified atom stereocenters. The monoisotopic (exact) mass is 620 g/mol. The van der Waals surface area contributed by atoms with E-state index in [-0.39, 0.29) is 9.80 Å². The van der Waals surface area contributed by atoms with E-state index in [2.05, 4.69) is 10.6 Å². The van der Waals surface area contributed by atoms with Gasteiger partial charge in [0.15, 0.2) is 46.5 Å². The summed E-state index contributed by atoms with van der Waals surface area (Å²) in [5.74, 6) is -22.9. The number of hydrogen-bond donors (Lipinski definition) is 2. The highest BCUT2D eigenvalue weighted by Crippen LogP contribution is 2.52. The van der Waals surface area contributed by atoms with Gasteiger partial charge >= 0.3 is 0 Å². The largest absolute Gasteiger partial charge is 0.302 e. The van der Waals surface area contributed by atoms with Crippen LogP contribution in [0.15, 0.2) is 0 Å². The van der Waals surface area contributed by atoms with Gasteiger partial charge in [0.2, 0.25) is 0 Å². The van der Waals surface area contributed by atoms with Crippen LogP contribution in [0.2, 0.25) is 0 Å². The zero-order valence-electron chi connectivity index (χ0n) is 22.0. The molecule has 2 aliphatic rings. The molecule has 5 aromatic carbocycles. The fraction of sp³-hybridized carbons (Fsp3) is 0.143. The molecule has 2 heterocycles. The molecule has 16 heteroatoms. The van der Waals surface area contributed by atoms with Crippen molar-refractivity contribution < 1.29 is 54.3 Å². The zero-order valence-corrected chi connectivity index (χ0v) is 22.0. The first-order valence-corrected chi connectivity index (χ1v) is 12.6. The molecule has 0 bridgehead atoms. The Bertz CT molecular complexity index is 1990. The third kappa shape index (κ3) is 2.89. The van der Waals surface area contributed by atoms with E-state index in [1.165, 1.54) is 14.1 Å². The van der Waals surface area contributed by atoms with E-state index < -0.39 is 149 Å². The van der Waals surface area contributed by atoms with E-state index in [1.807, 2.05) is 0 Å². The van der Waals surface area contributed by atoms with Crippen LogP contribution < -0.4 is 10.6 Å². The molecule has 5 aromatic rings. The average molecular weight is 620 g/mol. The predicted molar refractivity (Wildman–Crippen MR) is 136 cm³/mol. The van der Waals surface area contributed by atoms with Crippen molar-refractivity contribution in [3.05, 3.63) is 68.8 Å². The number of hydrogen-bond acceptors (Lipinski definition) is 6. The van der Waals surface area contributed by atoms with Crippen molar-refractivity contribution in [1.82, 2.24) is 20.4 Å². The van der Waals surface area contributed by atoms with Gasteiger partial charge in [0.25, 0.3) is 23.6 Å². The van der Waals surface area contributed by atoms with Gasteiger partial charge in [0.05, 0.1) is 35.6 Å². The second kappa shape index (κ2) is 8.79. The Labute approximate surface area is 238 Å². The topological polar surface area (TPSA) is 98.8 Å². The highest BCUT2D eigenvalue weighted by molar-refractivity contribution is 6.41. The quantitative estimate of drug-likeness (QED) is 0.134. The van der Waals surface area contributed by atoms with Crippen molar-refractivity contribution >= 4 is 66.7 Å². The van der Waals surface area contributed by atoms with E-state index >= 15 is 35.1 Å². The summed E-state index contributed by atoms with van der Waals surface area (Å²) in [4.78, 5) is 53.1. The Morgan fingerprint density at radius 3 is 0.818 bits per heavy atom. The Kier molecular flexibility index (Phi) is 5.57. The lowest BCUT2D eigenvalue weighted by Crippen LogP contribution is -2.46. The Morgan fingerprint density at radius 1 is 0.386 bits per heavy atom. The van der Waals surface area contributed by atoms with Crippen LogP contribution in [-0.4, -0.2) is 60.9 Å². The highest BCUT2D eigenvalue weighted by Gasteiger charge is 2.45. The van der Waals surface area contributed by atoms with Gasteiger partial charge in [-0.1, -0.05) is 0 Å². The van der Waals surface area contributed by atoms with E-state index in [1.54, 1.807) is 0 Å².